The van der Waals surface area contributed by atoms with E-state index >= 15 is 0 Å². The summed E-state index contributed by atoms with van der Waals surface area (Å²) in [6, 6.07) is 6.59. The third kappa shape index (κ3) is 1.59. The molecule has 1 aromatic heterocycles. The van der Waals surface area contributed by atoms with Crippen LogP contribution in [0.2, 0.25) is 0 Å². The molecular weight excluding hydrogens is 241 g/mol. The first kappa shape index (κ1) is 11.0. The summed E-state index contributed by atoms with van der Waals surface area (Å²) in [5.74, 6) is 2.36. The Morgan fingerprint density at radius 3 is 2.79 bits per heavy atom. The fourth-order valence-corrected chi connectivity index (χ4v) is 3.81. The van der Waals surface area contributed by atoms with Crippen LogP contribution < -0.4 is 5.73 Å². The van der Waals surface area contributed by atoms with Crippen molar-refractivity contribution in [1.29, 1.82) is 0 Å². The second-order valence-corrected chi connectivity index (χ2v) is 5.69. The second kappa shape index (κ2) is 3.83. The number of H-pyrrole nitrogens is 1. The fourth-order valence-electron chi connectivity index (χ4n) is 3.81. The topological polar surface area (TPSA) is 54.7 Å². The number of hydrogen-bond donors (Lipinski definition) is 2. The Hall–Kier alpha value is -1.84. The van der Waals surface area contributed by atoms with E-state index in [-0.39, 0.29) is 5.82 Å². The van der Waals surface area contributed by atoms with Gasteiger partial charge >= 0.3 is 0 Å². The van der Waals surface area contributed by atoms with E-state index < -0.39 is 0 Å². The van der Waals surface area contributed by atoms with Gasteiger partial charge in [-0.2, -0.15) is 5.10 Å². The maximum atomic E-state index is 13.4. The van der Waals surface area contributed by atoms with Gasteiger partial charge in [0.1, 0.15) is 5.82 Å². The number of aromatic amines is 1. The largest absolute Gasteiger partial charge is 0.382 e. The number of hydrogen-bond acceptors (Lipinski definition) is 2. The summed E-state index contributed by atoms with van der Waals surface area (Å²) in [7, 11) is 0. The Labute approximate surface area is 111 Å². The lowest BCUT2D eigenvalue weighted by molar-refractivity contribution is 0.628. The number of aromatic nitrogens is 2. The molecule has 2 aromatic rings. The molecule has 2 atom stereocenters. The molecule has 2 aliphatic carbocycles. The highest BCUT2D eigenvalue weighted by Crippen LogP contribution is 2.64. The number of nitrogen functional groups attached to an aromatic ring is 1. The van der Waals surface area contributed by atoms with Crippen molar-refractivity contribution in [3.05, 3.63) is 35.8 Å². The van der Waals surface area contributed by atoms with Crippen LogP contribution in [0.5, 0.6) is 0 Å². The first-order chi connectivity index (χ1) is 9.25. The van der Waals surface area contributed by atoms with E-state index in [0.717, 1.165) is 28.7 Å². The van der Waals surface area contributed by atoms with E-state index in [1.807, 2.05) is 6.07 Å². The molecule has 2 fully saturated rings. The van der Waals surface area contributed by atoms with Crippen LogP contribution in [0.1, 0.15) is 30.9 Å². The summed E-state index contributed by atoms with van der Waals surface area (Å²) >= 11 is 0. The minimum absolute atomic E-state index is 0.236. The highest BCUT2D eigenvalue weighted by molar-refractivity contribution is 5.77. The van der Waals surface area contributed by atoms with E-state index in [2.05, 4.69) is 10.2 Å². The molecule has 98 valence electrons. The van der Waals surface area contributed by atoms with Gasteiger partial charge in [0.2, 0.25) is 0 Å². The molecule has 0 aliphatic heterocycles. The lowest BCUT2D eigenvalue weighted by Crippen LogP contribution is -1.93. The van der Waals surface area contributed by atoms with Crippen molar-refractivity contribution in [2.45, 2.75) is 25.2 Å². The molecule has 1 heterocycles. The molecule has 0 amide bonds. The van der Waals surface area contributed by atoms with Gasteiger partial charge in [-0.25, -0.2) is 4.39 Å². The van der Waals surface area contributed by atoms with Crippen LogP contribution in [0.25, 0.3) is 11.1 Å². The van der Waals surface area contributed by atoms with Gasteiger partial charge in [-0.1, -0.05) is 18.6 Å². The van der Waals surface area contributed by atoms with Gasteiger partial charge in [-0.15, -0.1) is 0 Å². The predicted molar refractivity (Wildman–Crippen MR) is 72.0 cm³/mol. The maximum absolute atomic E-state index is 13.4. The minimum atomic E-state index is -0.236. The summed E-state index contributed by atoms with van der Waals surface area (Å²) in [5.41, 5.74) is 8.81. The molecule has 4 rings (SSSR count). The monoisotopic (exact) mass is 257 g/mol. The van der Waals surface area contributed by atoms with Gasteiger partial charge in [0.25, 0.3) is 0 Å². The number of rotatable bonds is 2. The van der Waals surface area contributed by atoms with Crippen LogP contribution in [-0.4, -0.2) is 10.2 Å². The normalized spacial score (nSPS) is 28.4. The summed E-state index contributed by atoms with van der Waals surface area (Å²) in [6.07, 6.45) is 3.94. The van der Waals surface area contributed by atoms with Gasteiger partial charge in [0.05, 0.1) is 0 Å². The zero-order valence-corrected chi connectivity index (χ0v) is 10.6. The average Bonchev–Trinajstić information content (AvgIpc) is 2.78. The molecule has 0 radical (unpaired) electrons. The number of benzene rings is 1. The van der Waals surface area contributed by atoms with Gasteiger partial charge in [-0.3, -0.25) is 5.10 Å². The standard InChI is InChI=1S/C15H16FN3/c16-9-4-1-3-8(7-9)12-14(18-19-15(12)17)13-10-5-2-6-11(10)13/h1,3-4,7,10-11,13H,2,5-6H2,(H3,17,18,19). The van der Waals surface area contributed by atoms with E-state index in [4.69, 9.17) is 5.73 Å². The number of nitrogens with two attached hydrogens (primary N) is 1. The molecule has 1 aromatic carbocycles. The number of anilines is 1. The van der Waals surface area contributed by atoms with Gasteiger partial charge in [0.15, 0.2) is 5.82 Å². The summed E-state index contributed by atoms with van der Waals surface area (Å²) in [4.78, 5) is 0. The van der Waals surface area contributed by atoms with E-state index in [1.54, 1.807) is 6.07 Å². The molecule has 2 aliphatic rings. The number of halogens is 1. The minimum Gasteiger partial charge on any atom is -0.382 e. The van der Waals surface area contributed by atoms with Gasteiger partial charge < -0.3 is 5.73 Å². The molecule has 0 bridgehead atoms. The van der Waals surface area contributed by atoms with E-state index in [1.165, 1.54) is 31.4 Å². The Balaban J connectivity index is 1.78. The predicted octanol–water partition coefficient (Wildman–Crippen LogP) is 3.31. The zero-order valence-electron chi connectivity index (χ0n) is 10.6. The fraction of sp³-hybridized carbons (Fsp3) is 0.400. The van der Waals surface area contributed by atoms with Gasteiger partial charge in [0, 0.05) is 17.2 Å². The van der Waals surface area contributed by atoms with Gasteiger partial charge in [-0.05, 0) is 42.4 Å². The summed E-state index contributed by atoms with van der Waals surface area (Å²) in [6.45, 7) is 0. The van der Waals surface area contributed by atoms with E-state index in [0.29, 0.717) is 11.7 Å². The maximum Gasteiger partial charge on any atom is 0.153 e. The first-order valence-electron chi connectivity index (χ1n) is 6.85. The molecule has 0 spiro atoms. The van der Waals surface area contributed by atoms with Crippen molar-refractivity contribution in [2.24, 2.45) is 11.8 Å². The summed E-state index contributed by atoms with van der Waals surface area (Å²) in [5, 5.41) is 7.23. The third-order valence-electron chi connectivity index (χ3n) is 4.68. The molecule has 19 heavy (non-hydrogen) atoms. The smallest absolute Gasteiger partial charge is 0.153 e. The number of fused-ring (bicyclic) bond motifs is 1. The van der Waals surface area contributed by atoms with Crippen molar-refractivity contribution in [1.82, 2.24) is 10.2 Å². The first-order valence-corrected chi connectivity index (χ1v) is 6.85. The molecular formula is C15H16FN3. The zero-order chi connectivity index (χ0) is 13.0. The summed E-state index contributed by atoms with van der Waals surface area (Å²) < 4.78 is 13.4. The van der Waals surface area contributed by atoms with Crippen LogP contribution in [0, 0.1) is 17.7 Å². The Morgan fingerprint density at radius 1 is 1.26 bits per heavy atom. The van der Waals surface area contributed by atoms with E-state index in [9.17, 15) is 4.39 Å². The Morgan fingerprint density at radius 2 is 2.05 bits per heavy atom. The lowest BCUT2D eigenvalue weighted by Gasteiger charge is -2.06. The Bertz CT molecular complexity index is 624. The van der Waals surface area contributed by atoms with Crippen LogP contribution in [0.3, 0.4) is 0 Å². The molecule has 0 saturated heterocycles. The van der Waals surface area contributed by atoms with Crippen LogP contribution in [0.4, 0.5) is 10.2 Å². The van der Waals surface area contributed by atoms with Crippen LogP contribution >= 0.6 is 0 Å². The molecule has 2 unspecified atom stereocenters. The molecule has 3 N–H and O–H groups in total. The third-order valence-corrected chi connectivity index (χ3v) is 4.68. The SMILES string of the molecule is Nc1n[nH]c(C2C3CCCC32)c1-c1cccc(F)c1. The highest BCUT2D eigenvalue weighted by Gasteiger charge is 2.54. The van der Waals surface area contributed by atoms with Crippen molar-refractivity contribution in [3.63, 3.8) is 0 Å². The van der Waals surface area contributed by atoms with Crippen LogP contribution in [-0.2, 0) is 0 Å². The van der Waals surface area contributed by atoms with Crippen molar-refractivity contribution in [3.8, 4) is 11.1 Å². The molecule has 2 saturated carbocycles. The molecule has 4 heteroatoms. The van der Waals surface area contributed by atoms with Crippen molar-refractivity contribution < 1.29 is 4.39 Å². The average molecular weight is 257 g/mol. The molecule has 3 nitrogen and oxygen atoms in total. The van der Waals surface area contributed by atoms with Crippen molar-refractivity contribution in [2.75, 3.05) is 5.73 Å². The second-order valence-electron chi connectivity index (χ2n) is 5.69. The highest BCUT2D eigenvalue weighted by atomic mass is 19.1. The lowest BCUT2D eigenvalue weighted by atomic mass is 9.99. The quantitative estimate of drug-likeness (QED) is 0.867. The van der Waals surface area contributed by atoms with Crippen LogP contribution in [0.15, 0.2) is 24.3 Å². The Kier molecular flexibility index (Phi) is 2.22. The number of nitrogens with one attached hydrogen (secondary N) is 1. The number of nitrogens with zero attached hydrogens (tertiary/aromatic N) is 1. The van der Waals surface area contributed by atoms with Crippen molar-refractivity contribution >= 4 is 5.82 Å².